The number of aromatic nitrogens is 2. The molecular formula is C29H27N5O3. The van der Waals surface area contributed by atoms with Crippen LogP contribution in [0.2, 0.25) is 0 Å². The Hall–Kier alpha value is -4.61. The van der Waals surface area contributed by atoms with Crippen LogP contribution in [0.15, 0.2) is 83.4 Å². The molecule has 2 amide bonds. The Bertz CT molecular complexity index is 1400. The molecule has 0 radical (unpaired) electrons. The number of anilines is 1. The summed E-state index contributed by atoms with van der Waals surface area (Å²) in [4.78, 5) is 21.4. The van der Waals surface area contributed by atoms with Crippen LogP contribution in [-0.4, -0.2) is 59.3 Å². The lowest BCUT2D eigenvalue weighted by Gasteiger charge is -2.33. The first-order chi connectivity index (χ1) is 18.2. The molecule has 1 aromatic heterocycles. The van der Waals surface area contributed by atoms with Gasteiger partial charge >= 0.3 is 6.03 Å². The molecule has 37 heavy (non-hydrogen) atoms. The highest BCUT2D eigenvalue weighted by molar-refractivity contribution is 5.89. The van der Waals surface area contributed by atoms with Crippen LogP contribution in [0, 0.1) is 11.8 Å². The van der Waals surface area contributed by atoms with Crippen molar-refractivity contribution in [3.63, 3.8) is 0 Å². The molecule has 1 aliphatic heterocycles. The molecule has 8 heteroatoms. The number of ether oxygens (including phenoxy) is 1. The van der Waals surface area contributed by atoms with Crippen LogP contribution in [-0.2, 0) is 6.54 Å². The molecule has 1 saturated heterocycles. The smallest absolute Gasteiger partial charge is 0.321 e. The molecule has 0 unspecified atom stereocenters. The van der Waals surface area contributed by atoms with Gasteiger partial charge in [-0.2, -0.15) is 4.98 Å². The predicted molar refractivity (Wildman–Crippen MR) is 141 cm³/mol. The summed E-state index contributed by atoms with van der Waals surface area (Å²) >= 11 is 0. The minimum atomic E-state index is -0.118. The van der Waals surface area contributed by atoms with Crippen LogP contribution in [0.1, 0.15) is 17.0 Å². The summed E-state index contributed by atoms with van der Waals surface area (Å²) in [6, 6.07) is 24.8. The van der Waals surface area contributed by atoms with Gasteiger partial charge in [0.25, 0.3) is 0 Å². The molecule has 0 aliphatic carbocycles. The number of methoxy groups -OCH3 is 1. The number of carbonyl (C=O) groups is 1. The second kappa shape index (κ2) is 11.4. The van der Waals surface area contributed by atoms with Gasteiger partial charge in [0.05, 0.1) is 13.7 Å². The lowest BCUT2D eigenvalue weighted by molar-refractivity contribution is 0.133. The van der Waals surface area contributed by atoms with E-state index in [1.807, 2.05) is 83.8 Å². The number of nitrogens with one attached hydrogen (secondary N) is 1. The Labute approximate surface area is 215 Å². The van der Waals surface area contributed by atoms with Crippen LogP contribution >= 0.6 is 0 Å². The number of amides is 2. The number of nitrogens with zero attached hydrogens (tertiary/aromatic N) is 4. The molecule has 0 spiro atoms. The Morgan fingerprint density at radius 3 is 2.43 bits per heavy atom. The zero-order valence-corrected chi connectivity index (χ0v) is 20.6. The second-order valence-corrected chi connectivity index (χ2v) is 8.63. The SMILES string of the molecule is COc1ccc(-c2noc(CN3CCN(C(=O)Nc4cccc(C#Cc5ccccc5)c4)CC3)n2)cc1. The molecule has 186 valence electrons. The maximum Gasteiger partial charge on any atom is 0.321 e. The fourth-order valence-corrected chi connectivity index (χ4v) is 4.02. The summed E-state index contributed by atoms with van der Waals surface area (Å²) in [6.07, 6.45) is 0. The molecule has 0 atom stereocenters. The first kappa shape index (κ1) is 24.1. The van der Waals surface area contributed by atoms with Crippen molar-refractivity contribution in [2.24, 2.45) is 0 Å². The Morgan fingerprint density at radius 1 is 0.946 bits per heavy atom. The van der Waals surface area contributed by atoms with Crippen LogP contribution in [0.4, 0.5) is 10.5 Å². The number of hydrogen-bond acceptors (Lipinski definition) is 6. The van der Waals surface area contributed by atoms with Gasteiger partial charge in [-0.15, -0.1) is 0 Å². The molecule has 0 saturated carbocycles. The fraction of sp³-hybridized carbons (Fsp3) is 0.207. The average Bonchev–Trinajstić information content (AvgIpc) is 3.41. The molecule has 1 aliphatic rings. The van der Waals surface area contributed by atoms with E-state index in [9.17, 15) is 4.79 Å². The van der Waals surface area contributed by atoms with Gasteiger partial charge in [0.2, 0.25) is 11.7 Å². The average molecular weight is 494 g/mol. The van der Waals surface area contributed by atoms with Gasteiger partial charge < -0.3 is 19.5 Å². The van der Waals surface area contributed by atoms with Gasteiger partial charge in [-0.25, -0.2) is 4.79 Å². The number of carbonyl (C=O) groups excluding carboxylic acids is 1. The first-order valence-corrected chi connectivity index (χ1v) is 12.1. The minimum Gasteiger partial charge on any atom is -0.497 e. The number of benzene rings is 3. The second-order valence-electron chi connectivity index (χ2n) is 8.63. The van der Waals surface area contributed by atoms with E-state index >= 15 is 0 Å². The summed E-state index contributed by atoms with van der Waals surface area (Å²) in [5, 5.41) is 7.09. The number of rotatable bonds is 5. The summed E-state index contributed by atoms with van der Waals surface area (Å²) < 4.78 is 10.6. The molecular weight excluding hydrogens is 466 g/mol. The third-order valence-electron chi connectivity index (χ3n) is 6.07. The summed E-state index contributed by atoms with van der Waals surface area (Å²) in [5.74, 6) is 8.17. The van der Waals surface area contributed by atoms with Gasteiger partial charge in [-0.1, -0.05) is 41.3 Å². The van der Waals surface area contributed by atoms with Crippen molar-refractivity contribution in [1.82, 2.24) is 19.9 Å². The molecule has 3 aromatic carbocycles. The van der Waals surface area contributed by atoms with Gasteiger partial charge in [0.15, 0.2) is 0 Å². The third-order valence-corrected chi connectivity index (χ3v) is 6.07. The van der Waals surface area contributed by atoms with E-state index in [0.29, 0.717) is 31.3 Å². The highest BCUT2D eigenvalue weighted by Crippen LogP contribution is 2.20. The predicted octanol–water partition coefficient (Wildman–Crippen LogP) is 4.49. The monoisotopic (exact) mass is 493 g/mol. The Morgan fingerprint density at radius 2 is 1.68 bits per heavy atom. The first-order valence-electron chi connectivity index (χ1n) is 12.1. The van der Waals surface area contributed by atoms with Gasteiger partial charge in [0.1, 0.15) is 5.75 Å². The quantitative estimate of drug-likeness (QED) is 0.413. The standard InChI is InChI=1S/C29H27N5O3/c1-36-26-14-12-24(13-15-26)28-31-27(37-32-28)21-33-16-18-34(19-17-33)29(35)30-25-9-5-8-23(20-25)11-10-22-6-3-2-4-7-22/h2-9,12-15,20H,16-19,21H2,1H3,(H,30,35). The van der Waals surface area contributed by atoms with Crippen molar-refractivity contribution < 1.29 is 14.1 Å². The minimum absolute atomic E-state index is 0.118. The van der Waals surface area contributed by atoms with E-state index in [2.05, 4.69) is 32.2 Å². The van der Waals surface area contributed by atoms with E-state index < -0.39 is 0 Å². The number of piperazine rings is 1. The van der Waals surface area contributed by atoms with E-state index in [1.54, 1.807) is 7.11 Å². The largest absolute Gasteiger partial charge is 0.497 e. The van der Waals surface area contributed by atoms with Crippen molar-refractivity contribution in [3.05, 3.63) is 95.9 Å². The topological polar surface area (TPSA) is 83.7 Å². The molecule has 1 fully saturated rings. The highest BCUT2D eigenvalue weighted by atomic mass is 16.5. The maximum atomic E-state index is 12.8. The maximum absolute atomic E-state index is 12.8. The van der Waals surface area contributed by atoms with Crippen LogP contribution in [0.3, 0.4) is 0 Å². The summed E-state index contributed by atoms with van der Waals surface area (Å²) in [6.45, 7) is 3.20. The number of urea groups is 1. The third kappa shape index (κ3) is 6.34. The van der Waals surface area contributed by atoms with Crippen molar-refractivity contribution in [2.75, 3.05) is 38.6 Å². The van der Waals surface area contributed by atoms with Crippen LogP contribution in [0.5, 0.6) is 5.75 Å². The van der Waals surface area contributed by atoms with E-state index in [-0.39, 0.29) is 6.03 Å². The Balaban J connectivity index is 1.12. The van der Waals surface area contributed by atoms with Crippen molar-refractivity contribution in [1.29, 1.82) is 0 Å². The Kier molecular flexibility index (Phi) is 7.44. The lowest BCUT2D eigenvalue weighted by atomic mass is 10.1. The van der Waals surface area contributed by atoms with Crippen LogP contribution in [0.25, 0.3) is 11.4 Å². The fourth-order valence-electron chi connectivity index (χ4n) is 4.02. The summed E-state index contributed by atoms with van der Waals surface area (Å²) in [7, 11) is 1.63. The van der Waals surface area contributed by atoms with Crippen molar-refractivity contribution in [2.45, 2.75) is 6.54 Å². The van der Waals surface area contributed by atoms with Crippen LogP contribution < -0.4 is 10.1 Å². The van der Waals surface area contributed by atoms with Crippen molar-refractivity contribution >= 4 is 11.7 Å². The molecule has 5 rings (SSSR count). The van der Waals surface area contributed by atoms with Gasteiger partial charge in [0, 0.05) is 48.6 Å². The normalized spacial score (nSPS) is 13.5. The highest BCUT2D eigenvalue weighted by Gasteiger charge is 2.23. The summed E-state index contributed by atoms with van der Waals surface area (Å²) in [5.41, 5.74) is 3.39. The van der Waals surface area contributed by atoms with Gasteiger partial charge in [-0.3, -0.25) is 4.90 Å². The van der Waals surface area contributed by atoms with E-state index in [4.69, 9.17) is 9.26 Å². The molecule has 4 aromatic rings. The molecule has 2 heterocycles. The molecule has 8 nitrogen and oxygen atoms in total. The zero-order valence-electron chi connectivity index (χ0n) is 20.6. The zero-order chi connectivity index (χ0) is 25.5. The van der Waals surface area contributed by atoms with Gasteiger partial charge in [-0.05, 0) is 54.6 Å². The number of hydrogen-bond donors (Lipinski definition) is 1. The van der Waals surface area contributed by atoms with E-state index in [1.165, 1.54) is 0 Å². The van der Waals surface area contributed by atoms with Crippen molar-refractivity contribution in [3.8, 4) is 29.0 Å². The molecule has 0 bridgehead atoms. The molecule has 1 N–H and O–H groups in total. The lowest BCUT2D eigenvalue weighted by Crippen LogP contribution is -2.49. The van der Waals surface area contributed by atoms with E-state index in [0.717, 1.165) is 41.2 Å².